The van der Waals surface area contributed by atoms with E-state index in [0.29, 0.717) is 12.1 Å². The normalized spacial score (nSPS) is 20.6. The molecule has 2 rings (SSSR count). The minimum absolute atomic E-state index is 0.139. The first-order valence-corrected chi connectivity index (χ1v) is 6.27. The van der Waals surface area contributed by atoms with Crippen LogP contribution in [0.2, 0.25) is 0 Å². The molecule has 1 aromatic rings. The zero-order valence-corrected chi connectivity index (χ0v) is 10.3. The van der Waals surface area contributed by atoms with Gasteiger partial charge in [0.2, 0.25) is 0 Å². The maximum absolute atomic E-state index is 13.3. The molecule has 1 saturated heterocycles. The van der Waals surface area contributed by atoms with Crippen LogP contribution in [-0.2, 0) is 6.54 Å². The highest BCUT2D eigenvalue weighted by atomic mass is 19.1. The maximum atomic E-state index is 13.3. The molecule has 1 unspecified atom stereocenters. The average molecular weight is 248 g/mol. The number of hydrogen-bond donors (Lipinski definition) is 1. The molecule has 1 fully saturated rings. The molecule has 1 atom stereocenters. The van der Waals surface area contributed by atoms with Gasteiger partial charge in [-0.25, -0.2) is 4.39 Å². The number of aliphatic hydroxyl groups excluding tert-OH is 1. The Hall–Kier alpha value is -1.44. The van der Waals surface area contributed by atoms with Crippen LogP contribution in [-0.4, -0.2) is 29.2 Å². The van der Waals surface area contributed by atoms with Gasteiger partial charge in [-0.2, -0.15) is 5.26 Å². The summed E-state index contributed by atoms with van der Waals surface area (Å²) in [5.41, 5.74) is 1.15. The molecule has 0 amide bonds. The molecule has 1 aliphatic heterocycles. The number of nitrogens with zero attached hydrogens (tertiary/aromatic N) is 2. The Balaban J connectivity index is 2.12. The van der Waals surface area contributed by atoms with Crippen LogP contribution in [0.25, 0.3) is 0 Å². The Bertz CT molecular complexity index is 456. The van der Waals surface area contributed by atoms with Gasteiger partial charge in [0.25, 0.3) is 0 Å². The highest BCUT2D eigenvalue weighted by molar-refractivity contribution is 5.33. The Kier molecular flexibility index (Phi) is 4.29. The second kappa shape index (κ2) is 5.94. The van der Waals surface area contributed by atoms with Gasteiger partial charge in [0.15, 0.2) is 0 Å². The smallest absolute Gasteiger partial charge is 0.124 e. The number of likely N-dealkylation sites (tertiary alicyclic amines) is 1. The summed E-state index contributed by atoms with van der Waals surface area (Å²) >= 11 is 0. The van der Waals surface area contributed by atoms with Gasteiger partial charge >= 0.3 is 0 Å². The quantitative estimate of drug-likeness (QED) is 0.890. The molecule has 0 spiro atoms. The van der Waals surface area contributed by atoms with Gasteiger partial charge in [-0.1, -0.05) is 6.42 Å². The minimum Gasteiger partial charge on any atom is -0.395 e. The third kappa shape index (κ3) is 3.06. The SMILES string of the molecule is N#Cc1cc(F)cc(CN2CCCCC2CO)c1. The number of piperidine rings is 1. The molecule has 3 nitrogen and oxygen atoms in total. The standard InChI is InChI=1S/C14H17FN2O/c15-13-6-11(8-16)5-12(7-13)9-17-4-2-1-3-14(17)10-18/h5-7,14,18H,1-4,9-10H2. The van der Waals surface area contributed by atoms with E-state index in [1.807, 2.05) is 6.07 Å². The number of rotatable bonds is 3. The first-order valence-electron chi connectivity index (χ1n) is 6.27. The molecule has 0 aliphatic carbocycles. The average Bonchev–Trinajstić information content (AvgIpc) is 2.38. The lowest BCUT2D eigenvalue weighted by atomic mass is 10.0. The van der Waals surface area contributed by atoms with Crippen LogP contribution in [0, 0.1) is 17.1 Å². The first kappa shape index (κ1) is 13.0. The van der Waals surface area contributed by atoms with Crippen molar-refractivity contribution in [2.75, 3.05) is 13.2 Å². The predicted octanol–water partition coefficient (Wildman–Crippen LogP) is 2.04. The van der Waals surface area contributed by atoms with Crippen molar-refractivity contribution in [3.63, 3.8) is 0 Å². The molecular weight excluding hydrogens is 231 g/mol. The van der Waals surface area contributed by atoms with Crippen molar-refractivity contribution in [2.45, 2.75) is 31.8 Å². The number of halogens is 1. The molecule has 1 aromatic carbocycles. The van der Waals surface area contributed by atoms with E-state index in [0.717, 1.165) is 31.4 Å². The van der Waals surface area contributed by atoms with E-state index in [1.54, 1.807) is 6.07 Å². The molecular formula is C14H17FN2O. The van der Waals surface area contributed by atoms with E-state index in [1.165, 1.54) is 12.1 Å². The lowest BCUT2D eigenvalue weighted by Crippen LogP contribution is -2.41. The Labute approximate surface area is 106 Å². The van der Waals surface area contributed by atoms with Crippen LogP contribution in [0.4, 0.5) is 4.39 Å². The summed E-state index contributed by atoms with van der Waals surface area (Å²) in [5, 5.41) is 18.1. The monoisotopic (exact) mass is 248 g/mol. The number of aliphatic hydroxyl groups is 1. The number of nitriles is 1. The Morgan fingerprint density at radius 3 is 2.94 bits per heavy atom. The van der Waals surface area contributed by atoms with E-state index in [2.05, 4.69) is 4.90 Å². The Morgan fingerprint density at radius 1 is 1.39 bits per heavy atom. The van der Waals surface area contributed by atoms with E-state index >= 15 is 0 Å². The highest BCUT2D eigenvalue weighted by Gasteiger charge is 2.21. The molecule has 18 heavy (non-hydrogen) atoms. The molecule has 4 heteroatoms. The fraction of sp³-hybridized carbons (Fsp3) is 0.500. The van der Waals surface area contributed by atoms with Gasteiger partial charge in [-0.15, -0.1) is 0 Å². The van der Waals surface area contributed by atoms with Crippen molar-refractivity contribution >= 4 is 0 Å². The zero-order valence-electron chi connectivity index (χ0n) is 10.3. The van der Waals surface area contributed by atoms with Crippen molar-refractivity contribution in [2.24, 2.45) is 0 Å². The van der Waals surface area contributed by atoms with Gasteiger partial charge in [0, 0.05) is 12.6 Å². The van der Waals surface area contributed by atoms with Crippen LogP contribution >= 0.6 is 0 Å². The first-order chi connectivity index (χ1) is 8.72. The summed E-state index contributed by atoms with van der Waals surface area (Å²) in [5.74, 6) is -0.374. The zero-order chi connectivity index (χ0) is 13.0. The third-order valence-electron chi connectivity index (χ3n) is 3.43. The molecule has 1 heterocycles. The van der Waals surface area contributed by atoms with Crippen molar-refractivity contribution in [1.29, 1.82) is 5.26 Å². The van der Waals surface area contributed by atoms with E-state index in [4.69, 9.17) is 5.26 Å². The van der Waals surface area contributed by atoms with Crippen LogP contribution in [0.5, 0.6) is 0 Å². The van der Waals surface area contributed by atoms with Crippen molar-refractivity contribution in [3.05, 3.63) is 35.1 Å². The van der Waals surface area contributed by atoms with Crippen molar-refractivity contribution in [3.8, 4) is 6.07 Å². The predicted molar refractivity (Wildman–Crippen MR) is 66.2 cm³/mol. The van der Waals surface area contributed by atoms with Crippen molar-refractivity contribution in [1.82, 2.24) is 4.90 Å². The third-order valence-corrected chi connectivity index (χ3v) is 3.43. The summed E-state index contributed by atoms with van der Waals surface area (Å²) in [6.07, 6.45) is 3.22. The summed E-state index contributed by atoms with van der Waals surface area (Å²) < 4.78 is 13.3. The van der Waals surface area contributed by atoms with Crippen LogP contribution in [0.3, 0.4) is 0 Å². The Morgan fingerprint density at radius 2 is 2.22 bits per heavy atom. The fourth-order valence-electron chi connectivity index (χ4n) is 2.52. The van der Waals surface area contributed by atoms with Gasteiger partial charge in [-0.3, -0.25) is 4.90 Å². The van der Waals surface area contributed by atoms with E-state index in [9.17, 15) is 9.50 Å². The fourth-order valence-corrected chi connectivity index (χ4v) is 2.52. The summed E-state index contributed by atoms with van der Waals surface area (Å²) in [6, 6.07) is 6.54. The summed E-state index contributed by atoms with van der Waals surface area (Å²) in [6.45, 7) is 1.65. The lowest BCUT2D eigenvalue weighted by molar-refractivity contribution is 0.0840. The lowest BCUT2D eigenvalue weighted by Gasteiger charge is -2.34. The molecule has 1 N–H and O–H groups in total. The highest BCUT2D eigenvalue weighted by Crippen LogP contribution is 2.20. The van der Waals surface area contributed by atoms with Crippen LogP contribution in [0.15, 0.2) is 18.2 Å². The minimum atomic E-state index is -0.374. The van der Waals surface area contributed by atoms with Gasteiger partial charge < -0.3 is 5.11 Å². The molecule has 96 valence electrons. The van der Waals surface area contributed by atoms with E-state index < -0.39 is 0 Å². The summed E-state index contributed by atoms with van der Waals surface area (Å²) in [4.78, 5) is 2.17. The second-order valence-electron chi connectivity index (χ2n) is 4.76. The molecule has 0 saturated carbocycles. The molecule has 0 bridgehead atoms. The van der Waals surface area contributed by atoms with Gasteiger partial charge in [-0.05, 0) is 43.1 Å². The van der Waals surface area contributed by atoms with Crippen LogP contribution in [0.1, 0.15) is 30.4 Å². The number of benzene rings is 1. The maximum Gasteiger partial charge on any atom is 0.124 e. The topological polar surface area (TPSA) is 47.3 Å². The van der Waals surface area contributed by atoms with E-state index in [-0.39, 0.29) is 18.5 Å². The molecule has 0 radical (unpaired) electrons. The van der Waals surface area contributed by atoms with Gasteiger partial charge in [0.05, 0.1) is 18.2 Å². The summed E-state index contributed by atoms with van der Waals surface area (Å²) in [7, 11) is 0. The van der Waals surface area contributed by atoms with Crippen molar-refractivity contribution < 1.29 is 9.50 Å². The van der Waals surface area contributed by atoms with Crippen LogP contribution < -0.4 is 0 Å². The molecule has 1 aliphatic rings. The number of hydrogen-bond acceptors (Lipinski definition) is 3. The second-order valence-corrected chi connectivity index (χ2v) is 4.76. The van der Waals surface area contributed by atoms with Gasteiger partial charge in [0.1, 0.15) is 5.82 Å². The molecule has 0 aromatic heterocycles. The largest absolute Gasteiger partial charge is 0.395 e.